The number of ketones is 1. The second-order valence-corrected chi connectivity index (χ2v) is 7.45. The molecule has 0 heterocycles. The summed E-state index contributed by atoms with van der Waals surface area (Å²) in [5.41, 5.74) is 0. The van der Waals surface area contributed by atoms with E-state index in [1.54, 1.807) is 6.21 Å². The average Bonchev–Trinajstić information content (AvgIpc) is 2.20. The summed E-state index contributed by atoms with van der Waals surface area (Å²) in [7, 11) is -1.16. The van der Waals surface area contributed by atoms with E-state index in [0.29, 0.717) is 12.2 Å². The van der Waals surface area contributed by atoms with Crippen molar-refractivity contribution in [1.82, 2.24) is 0 Å². The average molecular weight is 259 g/mol. The van der Waals surface area contributed by atoms with Crippen LogP contribution < -0.4 is 0 Å². The standard InChI is InChI=1S/C13H25NO2S/c1-11(2)12(15)9-7-6-8-10-14-17(16)13(3,4)5/h10-11H,6-9H2,1-5H3/b14-10+. The van der Waals surface area contributed by atoms with E-state index in [4.69, 9.17) is 0 Å². The molecule has 1 unspecified atom stereocenters. The summed E-state index contributed by atoms with van der Waals surface area (Å²) in [6, 6.07) is 0. The molecule has 0 bridgehead atoms. The highest BCUT2D eigenvalue weighted by molar-refractivity contribution is 7.85. The fourth-order valence-electron chi connectivity index (χ4n) is 1.10. The van der Waals surface area contributed by atoms with Crippen molar-refractivity contribution >= 4 is 23.0 Å². The minimum Gasteiger partial charge on any atom is -0.299 e. The van der Waals surface area contributed by atoms with Crippen molar-refractivity contribution in [1.29, 1.82) is 0 Å². The van der Waals surface area contributed by atoms with Crippen molar-refractivity contribution in [2.75, 3.05) is 0 Å². The van der Waals surface area contributed by atoms with Gasteiger partial charge in [0.25, 0.3) is 0 Å². The molecule has 0 fully saturated rings. The van der Waals surface area contributed by atoms with Crippen LogP contribution in [0.5, 0.6) is 0 Å². The number of hydrogen-bond donors (Lipinski definition) is 0. The van der Waals surface area contributed by atoms with Gasteiger partial charge in [0.05, 0.1) is 4.75 Å². The fourth-order valence-corrected chi connectivity index (χ4v) is 1.66. The lowest BCUT2D eigenvalue weighted by Crippen LogP contribution is -2.19. The van der Waals surface area contributed by atoms with Crippen LogP contribution in [0.4, 0.5) is 0 Å². The highest BCUT2D eigenvalue weighted by Gasteiger charge is 2.17. The Hall–Kier alpha value is -0.510. The van der Waals surface area contributed by atoms with Gasteiger partial charge in [0.2, 0.25) is 0 Å². The summed E-state index contributed by atoms with van der Waals surface area (Å²) in [6.07, 6.45) is 5.00. The highest BCUT2D eigenvalue weighted by atomic mass is 32.2. The molecule has 0 aliphatic rings. The Bertz CT molecular complexity index is 290. The number of Topliss-reactive ketones (excluding diaryl/α,β-unsaturated/α-hetero) is 1. The molecule has 0 N–H and O–H groups in total. The second kappa shape index (κ2) is 7.75. The summed E-state index contributed by atoms with van der Waals surface area (Å²) in [4.78, 5) is 11.3. The molecule has 4 heteroatoms. The second-order valence-electron chi connectivity index (χ2n) is 5.52. The van der Waals surface area contributed by atoms with Gasteiger partial charge in [-0.15, -0.1) is 0 Å². The lowest BCUT2D eigenvalue weighted by molar-refractivity contribution is -0.122. The van der Waals surface area contributed by atoms with Gasteiger partial charge in [-0.2, -0.15) is 4.40 Å². The van der Waals surface area contributed by atoms with Gasteiger partial charge < -0.3 is 0 Å². The predicted octanol–water partition coefficient (Wildman–Crippen LogP) is 3.30. The van der Waals surface area contributed by atoms with Crippen LogP contribution in [0.1, 0.15) is 60.3 Å². The zero-order chi connectivity index (χ0) is 13.5. The Kier molecular flexibility index (Phi) is 7.51. The normalized spacial score (nSPS) is 14.5. The summed E-state index contributed by atoms with van der Waals surface area (Å²) in [5.74, 6) is 0.456. The summed E-state index contributed by atoms with van der Waals surface area (Å²) in [6.45, 7) is 9.57. The highest BCUT2D eigenvalue weighted by Crippen LogP contribution is 2.12. The monoisotopic (exact) mass is 259 g/mol. The van der Waals surface area contributed by atoms with E-state index in [1.165, 1.54) is 0 Å². The fraction of sp³-hybridized carbons (Fsp3) is 0.846. The topological polar surface area (TPSA) is 46.5 Å². The third-order valence-corrected chi connectivity index (χ3v) is 3.73. The van der Waals surface area contributed by atoms with Crippen LogP contribution in [0.25, 0.3) is 0 Å². The first-order valence-corrected chi connectivity index (χ1v) is 7.33. The van der Waals surface area contributed by atoms with Crippen LogP contribution in [-0.2, 0) is 15.8 Å². The Morgan fingerprint density at radius 1 is 1.29 bits per heavy atom. The molecule has 0 saturated carbocycles. The molecule has 0 aliphatic heterocycles. The first-order chi connectivity index (χ1) is 7.75. The van der Waals surface area contributed by atoms with E-state index in [0.717, 1.165) is 19.3 Å². The van der Waals surface area contributed by atoms with Gasteiger partial charge in [0, 0.05) is 18.6 Å². The van der Waals surface area contributed by atoms with Crippen LogP contribution in [0.15, 0.2) is 4.40 Å². The molecule has 0 radical (unpaired) electrons. The Morgan fingerprint density at radius 2 is 1.88 bits per heavy atom. The molecule has 0 rings (SSSR count). The molecule has 0 aromatic rings. The minimum atomic E-state index is -1.16. The number of unbranched alkanes of at least 4 members (excludes halogenated alkanes) is 2. The summed E-state index contributed by atoms with van der Waals surface area (Å²) >= 11 is 0. The third-order valence-electron chi connectivity index (χ3n) is 2.34. The molecule has 1 atom stereocenters. The van der Waals surface area contributed by atoms with Gasteiger partial charge >= 0.3 is 0 Å². The van der Waals surface area contributed by atoms with E-state index in [9.17, 15) is 9.00 Å². The maximum Gasteiger partial charge on any atom is 0.144 e. The quantitative estimate of drug-likeness (QED) is 0.520. The smallest absolute Gasteiger partial charge is 0.144 e. The van der Waals surface area contributed by atoms with E-state index < -0.39 is 11.0 Å². The number of nitrogens with zero attached hydrogens (tertiary/aromatic N) is 1. The van der Waals surface area contributed by atoms with Gasteiger partial charge in [0.1, 0.15) is 16.8 Å². The third kappa shape index (κ3) is 8.25. The van der Waals surface area contributed by atoms with Gasteiger partial charge in [-0.3, -0.25) is 4.79 Å². The Morgan fingerprint density at radius 3 is 2.35 bits per heavy atom. The lowest BCUT2D eigenvalue weighted by Gasteiger charge is -2.12. The van der Waals surface area contributed by atoms with Gasteiger partial charge in [-0.1, -0.05) is 13.8 Å². The minimum absolute atomic E-state index is 0.136. The zero-order valence-electron chi connectivity index (χ0n) is 11.7. The zero-order valence-corrected chi connectivity index (χ0v) is 12.5. The van der Waals surface area contributed by atoms with Crippen molar-refractivity contribution in [3.63, 3.8) is 0 Å². The molecule has 0 aromatic carbocycles. The van der Waals surface area contributed by atoms with Crippen molar-refractivity contribution in [2.45, 2.75) is 65.0 Å². The van der Waals surface area contributed by atoms with Crippen LogP contribution in [0.3, 0.4) is 0 Å². The lowest BCUT2D eigenvalue weighted by atomic mass is 10.0. The molecule has 17 heavy (non-hydrogen) atoms. The largest absolute Gasteiger partial charge is 0.299 e. The summed E-state index contributed by atoms with van der Waals surface area (Å²) < 4.78 is 15.3. The van der Waals surface area contributed by atoms with Crippen LogP contribution in [0, 0.1) is 5.92 Å². The first kappa shape index (κ1) is 16.5. The maximum atomic E-state index is 11.6. The SMILES string of the molecule is CC(C)C(=O)CCCC/C=N/S(=O)C(C)(C)C. The Balaban J connectivity index is 3.69. The molecule has 0 aliphatic carbocycles. The maximum absolute atomic E-state index is 11.6. The van der Waals surface area contributed by atoms with Crippen LogP contribution in [-0.4, -0.2) is 21.0 Å². The molecule has 3 nitrogen and oxygen atoms in total. The number of carbonyl (C=O) groups is 1. The van der Waals surface area contributed by atoms with Crippen molar-refractivity contribution in [2.24, 2.45) is 10.3 Å². The van der Waals surface area contributed by atoms with Crippen molar-refractivity contribution < 1.29 is 9.00 Å². The van der Waals surface area contributed by atoms with Crippen LogP contribution >= 0.6 is 0 Å². The van der Waals surface area contributed by atoms with Gasteiger partial charge in [-0.05, 0) is 40.0 Å². The van der Waals surface area contributed by atoms with Crippen LogP contribution in [0.2, 0.25) is 0 Å². The van der Waals surface area contributed by atoms with E-state index in [-0.39, 0.29) is 10.7 Å². The van der Waals surface area contributed by atoms with E-state index in [1.807, 2.05) is 34.6 Å². The van der Waals surface area contributed by atoms with Crippen molar-refractivity contribution in [3.05, 3.63) is 0 Å². The number of carbonyl (C=O) groups excluding carboxylic acids is 1. The predicted molar refractivity (Wildman–Crippen MR) is 74.7 cm³/mol. The van der Waals surface area contributed by atoms with Gasteiger partial charge in [0.15, 0.2) is 0 Å². The number of rotatable bonds is 7. The summed E-state index contributed by atoms with van der Waals surface area (Å²) in [5, 5.41) is 0. The Labute approximate surface area is 108 Å². The van der Waals surface area contributed by atoms with E-state index >= 15 is 0 Å². The van der Waals surface area contributed by atoms with Crippen molar-refractivity contribution in [3.8, 4) is 0 Å². The molecule has 0 spiro atoms. The molecule has 0 amide bonds. The molecular formula is C13H25NO2S. The first-order valence-electron chi connectivity index (χ1n) is 6.22. The molecular weight excluding hydrogens is 234 g/mol. The molecule has 0 saturated heterocycles. The van der Waals surface area contributed by atoms with Gasteiger partial charge in [-0.25, -0.2) is 4.21 Å². The molecule has 0 aromatic heterocycles. The molecule has 100 valence electrons. The number of hydrogen-bond acceptors (Lipinski definition) is 2. The van der Waals surface area contributed by atoms with E-state index in [2.05, 4.69) is 4.40 Å².